The van der Waals surface area contributed by atoms with Crippen LogP contribution in [0.5, 0.6) is 5.75 Å². The van der Waals surface area contributed by atoms with Crippen molar-refractivity contribution in [2.75, 3.05) is 31.6 Å². The Hall–Kier alpha value is -3.35. The summed E-state index contributed by atoms with van der Waals surface area (Å²) in [4.78, 5) is 39.3. The number of anilines is 1. The van der Waals surface area contributed by atoms with Gasteiger partial charge in [0.25, 0.3) is 0 Å². The molecule has 0 aromatic heterocycles. The number of para-hydroxylation sites is 1. The van der Waals surface area contributed by atoms with E-state index in [-0.39, 0.29) is 36.6 Å². The number of piperidine rings is 1. The topological polar surface area (TPSA) is 87.7 Å². The van der Waals surface area contributed by atoms with Crippen molar-refractivity contribution in [3.63, 3.8) is 0 Å². The van der Waals surface area contributed by atoms with Crippen molar-refractivity contribution >= 4 is 23.4 Å². The van der Waals surface area contributed by atoms with Gasteiger partial charge in [0.2, 0.25) is 17.7 Å². The highest BCUT2D eigenvalue weighted by atomic mass is 16.5. The molecule has 7 heteroatoms. The van der Waals surface area contributed by atoms with Crippen LogP contribution in [0.4, 0.5) is 5.69 Å². The molecule has 2 N–H and O–H groups in total. The lowest BCUT2D eigenvalue weighted by Crippen LogP contribution is -2.46. The molecule has 2 aromatic carbocycles. The Balaban J connectivity index is 1.43. The van der Waals surface area contributed by atoms with Gasteiger partial charge in [-0.3, -0.25) is 14.4 Å². The Bertz CT molecular complexity index is 967. The minimum atomic E-state index is -0.312. The summed E-state index contributed by atoms with van der Waals surface area (Å²) in [7, 11) is 0. The van der Waals surface area contributed by atoms with Crippen LogP contribution in [0, 0.1) is 26.7 Å². The first kappa shape index (κ1) is 24.3. The van der Waals surface area contributed by atoms with E-state index in [1.165, 1.54) is 0 Å². The van der Waals surface area contributed by atoms with E-state index < -0.39 is 0 Å². The van der Waals surface area contributed by atoms with Crippen LogP contribution in [-0.4, -0.2) is 48.9 Å². The maximum atomic E-state index is 12.6. The first-order valence-corrected chi connectivity index (χ1v) is 11.4. The first-order chi connectivity index (χ1) is 15.8. The molecule has 1 aliphatic rings. The highest BCUT2D eigenvalue weighted by molar-refractivity contribution is 5.96. The van der Waals surface area contributed by atoms with Crippen molar-refractivity contribution in [3.05, 3.63) is 59.2 Å². The maximum Gasteiger partial charge on any atom is 0.243 e. The quantitative estimate of drug-likeness (QED) is 0.644. The lowest BCUT2D eigenvalue weighted by molar-refractivity contribution is -0.136. The number of carbonyl (C=O) groups excluding carboxylic acids is 3. The van der Waals surface area contributed by atoms with Crippen LogP contribution in [0.25, 0.3) is 0 Å². The van der Waals surface area contributed by atoms with E-state index in [0.29, 0.717) is 26.1 Å². The number of likely N-dealkylation sites (tertiary alicyclic amines) is 1. The number of hydrogen-bond acceptors (Lipinski definition) is 4. The average molecular weight is 452 g/mol. The number of rotatable bonds is 8. The minimum Gasteiger partial charge on any atom is -0.493 e. The molecule has 1 saturated heterocycles. The normalized spacial score (nSPS) is 15.6. The maximum absolute atomic E-state index is 12.6. The fraction of sp³-hybridized carbons (Fsp3) is 0.423. The number of aryl methyl sites for hydroxylation is 3. The molecule has 33 heavy (non-hydrogen) atoms. The van der Waals surface area contributed by atoms with Gasteiger partial charge in [0.15, 0.2) is 0 Å². The number of amides is 3. The summed E-state index contributed by atoms with van der Waals surface area (Å²) in [5.41, 5.74) is 3.90. The van der Waals surface area contributed by atoms with Gasteiger partial charge in [-0.15, -0.1) is 0 Å². The number of nitrogens with one attached hydrogen (secondary N) is 2. The molecule has 0 aliphatic carbocycles. The third kappa shape index (κ3) is 7.07. The number of ether oxygens (including phenoxy) is 1. The van der Waals surface area contributed by atoms with E-state index in [4.69, 9.17) is 4.74 Å². The summed E-state index contributed by atoms with van der Waals surface area (Å²) < 4.78 is 5.61. The summed E-state index contributed by atoms with van der Waals surface area (Å²) in [6, 6.07) is 13.4. The van der Waals surface area contributed by atoms with Crippen molar-refractivity contribution < 1.29 is 19.1 Å². The molecule has 3 amide bonds. The summed E-state index contributed by atoms with van der Waals surface area (Å²) in [5, 5.41) is 5.63. The van der Waals surface area contributed by atoms with E-state index in [2.05, 4.69) is 10.6 Å². The van der Waals surface area contributed by atoms with E-state index in [1.807, 2.05) is 63.2 Å². The van der Waals surface area contributed by atoms with Gasteiger partial charge in [-0.25, -0.2) is 0 Å². The van der Waals surface area contributed by atoms with Crippen molar-refractivity contribution in [2.24, 2.45) is 5.92 Å². The number of benzene rings is 2. The Morgan fingerprint density at radius 3 is 2.45 bits per heavy atom. The molecule has 0 saturated carbocycles. The van der Waals surface area contributed by atoms with Crippen molar-refractivity contribution in [3.8, 4) is 5.75 Å². The van der Waals surface area contributed by atoms with Crippen molar-refractivity contribution in [1.29, 1.82) is 0 Å². The lowest BCUT2D eigenvalue weighted by Gasteiger charge is -2.32. The molecule has 0 radical (unpaired) electrons. The third-order valence-corrected chi connectivity index (χ3v) is 5.84. The molecule has 0 bridgehead atoms. The van der Waals surface area contributed by atoms with E-state index in [0.717, 1.165) is 34.5 Å². The van der Waals surface area contributed by atoms with Gasteiger partial charge >= 0.3 is 0 Å². The molecular weight excluding hydrogens is 418 g/mol. The summed E-state index contributed by atoms with van der Waals surface area (Å²) in [5.74, 6) is -0.0591. The van der Waals surface area contributed by atoms with Crippen LogP contribution in [0.3, 0.4) is 0 Å². The minimum absolute atomic E-state index is 0.0218. The van der Waals surface area contributed by atoms with Gasteiger partial charge in [-0.2, -0.15) is 0 Å². The second-order valence-electron chi connectivity index (χ2n) is 8.63. The van der Waals surface area contributed by atoms with Gasteiger partial charge in [0, 0.05) is 18.8 Å². The summed E-state index contributed by atoms with van der Waals surface area (Å²) >= 11 is 0. The molecule has 7 nitrogen and oxygen atoms in total. The predicted molar refractivity (Wildman–Crippen MR) is 128 cm³/mol. The van der Waals surface area contributed by atoms with Gasteiger partial charge in [-0.1, -0.05) is 35.9 Å². The fourth-order valence-electron chi connectivity index (χ4n) is 4.22. The fourth-order valence-corrected chi connectivity index (χ4v) is 4.22. The summed E-state index contributed by atoms with van der Waals surface area (Å²) in [6.07, 6.45) is 1.73. The van der Waals surface area contributed by atoms with Crippen LogP contribution in [-0.2, 0) is 14.4 Å². The second kappa shape index (κ2) is 11.5. The highest BCUT2D eigenvalue weighted by Gasteiger charge is 2.28. The zero-order chi connectivity index (χ0) is 23.8. The monoisotopic (exact) mass is 451 g/mol. The molecule has 1 aliphatic heterocycles. The number of carbonyl (C=O) groups is 3. The Morgan fingerprint density at radius 2 is 1.76 bits per heavy atom. The SMILES string of the molecule is Cc1cc(C)c(NC(=O)CNC(=O)C2CCCN(C(=O)CCOc3ccccc3)C2)c(C)c1. The Morgan fingerprint density at radius 1 is 1.06 bits per heavy atom. The molecule has 0 spiro atoms. The third-order valence-electron chi connectivity index (χ3n) is 5.84. The van der Waals surface area contributed by atoms with Gasteiger partial charge in [0.1, 0.15) is 5.75 Å². The van der Waals surface area contributed by atoms with Gasteiger partial charge < -0.3 is 20.3 Å². The molecule has 1 fully saturated rings. The Kier molecular flexibility index (Phi) is 8.46. The zero-order valence-corrected chi connectivity index (χ0v) is 19.6. The van der Waals surface area contributed by atoms with Crippen molar-refractivity contribution in [1.82, 2.24) is 10.2 Å². The predicted octanol–water partition coefficient (Wildman–Crippen LogP) is 3.37. The van der Waals surface area contributed by atoms with E-state index >= 15 is 0 Å². The molecule has 2 aromatic rings. The van der Waals surface area contributed by atoms with Crippen LogP contribution >= 0.6 is 0 Å². The molecule has 1 unspecified atom stereocenters. The lowest BCUT2D eigenvalue weighted by atomic mass is 9.97. The standard InChI is InChI=1S/C26H33N3O4/c1-18-14-19(2)25(20(3)15-18)28-23(30)16-27-26(32)21-8-7-12-29(17-21)24(31)11-13-33-22-9-5-4-6-10-22/h4-6,9-10,14-15,21H,7-8,11-13,16-17H2,1-3H3,(H,27,32)(H,28,30). The molecular formula is C26H33N3O4. The Labute approximate surface area is 195 Å². The second-order valence-corrected chi connectivity index (χ2v) is 8.63. The van der Waals surface area contributed by atoms with Crippen LogP contribution in [0.1, 0.15) is 36.0 Å². The van der Waals surface area contributed by atoms with Gasteiger partial charge in [0.05, 0.1) is 25.5 Å². The zero-order valence-electron chi connectivity index (χ0n) is 19.6. The number of nitrogens with zero attached hydrogens (tertiary/aromatic N) is 1. The molecule has 1 heterocycles. The van der Waals surface area contributed by atoms with Crippen molar-refractivity contribution in [2.45, 2.75) is 40.0 Å². The van der Waals surface area contributed by atoms with Crippen LogP contribution in [0.2, 0.25) is 0 Å². The highest BCUT2D eigenvalue weighted by Crippen LogP contribution is 2.22. The largest absolute Gasteiger partial charge is 0.493 e. The van der Waals surface area contributed by atoms with Crippen LogP contribution < -0.4 is 15.4 Å². The van der Waals surface area contributed by atoms with Crippen LogP contribution in [0.15, 0.2) is 42.5 Å². The molecule has 1 atom stereocenters. The van der Waals surface area contributed by atoms with Gasteiger partial charge in [-0.05, 0) is 56.9 Å². The smallest absolute Gasteiger partial charge is 0.243 e. The average Bonchev–Trinajstić information content (AvgIpc) is 2.80. The summed E-state index contributed by atoms with van der Waals surface area (Å²) in [6.45, 7) is 7.13. The number of hydrogen-bond donors (Lipinski definition) is 2. The molecule has 3 rings (SSSR count). The van der Waals surface area contributed by atoms with E-state index in [1.54, 1.807) is 4.90 Å². The van der Waals surface area contributed by atoms with E-state index in [9.17, 15) is 14.4 Å². The molecule has 176 valence electrons. The first-order valence-electron chi connectivity index (χ1n) is 11.4.